The fourth-order valence-electron chi connectivity index (χ4n) is 2.79. The molecule has 0 radical (unpaired) electrons. The third kappa shape index (κ3) is 5.14. The monoisotopic (exact) mass is 482 g/mol. The number of benzene rings is 2. The number of halogens is 2. The van der Waals surface area contributed by atoms with Gasteiger partial charge in [-0.1, -0.05) is 0 Å². The van der Waals surface area contributed by atoms with Gasteiger partial charge in [0.25, 0.3) is 0 Å². The van der Waals surface area contributed by atoms with E-state index in [1.54, 1.807) is 19.8 Å². The van der Waals surface area contributed by atoms with Crippen LogP contribution in [0.3, 0.4) is 0 Å². The average molecular weight is 484 g/mol. The van der Waals surface area contributed by atoms with Crippen molar-refractivity contribution in [3.63, 3.8) is 0 Å². The molecule has 23 heavy (non-hydrogen) atoms. The van der Waals surface area contributed by atoms with Crippen LogP contribution in [0.5, 0.6) is 0 Å². The number of rotatable bonds is 4. The molecule has 0 saturated heterocycles. The zero-order valence-electron chi connectivity index (χ0n) is 13.4. The summed E-state index contributed by atoms with van der Waals surface area (Å²) >= 11 is -0.0611. The normalized spacial score (nSPS) is 13.1. The van der Waals surface area contributed by atoms with Crippen molar-refractivity contribution in [3.8, 4) is 0 Å². The molecule has 1 aliphatic carbocycles. The predicted molar refractivity (Wildman–Crippen MR) is 90.4 cm³/mol. The van der Waals surface area contributed by atoms with Gasteiger partial charge in [-0.05, 0) is 0 Å². The molecule has 0 unspecified atom stereocenters. The molecule has 0 amide bonds. The minimum Gasteiger partial charge on any atom is -1.00 e. The molecule has 0 N–H and O–H groups in total. The zero-order chi connectivity index (χ0) is 14.7. The summed E-state index contributed by atoms with van der Waals surface area (Å²) in [4.78, 5) is 0. The number of allylic oxidation sites excluding steroid dienone is 4. The maximum Gasteiger partial charge on any atom is -1.00 e. The largest absolute Gasteiger partial charge is 1.00 e. The quantitative estimate of drug-likeness (QED) is 0.413. The molecule has 3 rings (SSSR count). The van der Waals surface area contributed by atoms with Gasteiger partial charge in [0, 0.05) is 0 Å². The van der Waals surface area contributed by atoms with E-state index in [0.29, 0.717) is 0 Å². The second kappa shape index (κ2) is 9.95. The van der Waals surface area contributed by atoms with Gasteiger partial charge in [-0.2, -0.15) is 0 Å². The Hall–Kier alpha value is -0.189. The molecule has 0 bridgehead atoms. The molecule has 0 aliphatic heterocycles. The van der Waals surface area contributed by atoms with E-state index in [1.807, 2.05) is 0 Å². The molecule has 0 heterocycles. The van der Waals surface area contributed by atoms with Gasteiger partial charge in [-0.25, -0.2) is 0 Å². The second-order valence-corrected chi connectivity index (χ2v) is 13.1. The predicted octanol–water partition coefficient (Wildman–Crippen LogP) is -2.76. The SMILES string of the molecule is CC1=CC[C]([Ti+2][SiH](c2ccccc2)c2ccccc2)=C1C.[Br-].[Br-]. The maximum absolute atomic E-state index is 2.41. The van der Waals surface area contributed by atoms with Gasteiger partial charge in [0.1, 0.15) is 0 Å². The molecular weight excluding hydrogens is 464 g/mol. The van der Waals surface area contributed by atoms with Crippen LogP contribution in [0.25, 0.3) is 0 Å². The summed E-state index contributed by atoms with van der Waals surface area (Å²) < 4.78 is 1.77. The van der Waals surface area contributed by atoms with E-state index in [0.717, 1.165) is 0 Å². The van der Waals surface area contributed by atoms with Gasteiger partial charge in [0.05, 0.1) is 0 Å². The molecular formula is C19H20Br2SiTi. The van der Waals surface area contributed by atoms with Crippen molar-refractivity contribution in [1.29, 1.82) is 0 Å². The van der Waals surface area contributed by atoms with Gasteiger partial charge in [0.15, 0.2) is 0 Å². The summed E-state index contributed by atoms with van der Waals surface area (Å²) in [5.41, 5.74) is 3.09. The van der Waals surface area contributed by atoms with Crippen molar-refractivity contribution in [2.24, 2.45) is 0 Å². The molecule has 0 spiro atoms. The Morgan fingerprint density at radius 3 is 1.65 bits per heavy atom. The molecule has 2 aromatic rings. The molecule has 0 aromatic heterocycles. The molecule has 1 aliphatic rings. The Kier molecular flexibility index (Phi) is 9.02. The molecule has 0 atom stereocenters. The first-order chi connectivity index (χ1) is 10.3. The summed E-state index contributed by atoms with van der Waals surface area (Å²) in [6.45, 7) is 3.54. The zero-order valence-corrected chi connectivity index (χ0v) is 19.3. The van der Waals surface area contributed by atoms with Gasteiger partial charge < -0.3 is 34.0 Å². The number of hydrogen-bond donors (Lipinski definition) is 0. The van der Waals surface area contributed by atoms with Crippen molar-refractivity contribution in [2.75, 3.05) is 0 Å². The maximum atomic E-state index is 2.41. The van der Waals surface area contributed by atoms with E-state index >= 15 is 0 Å². The molecule has 118 valence electrons. The summed E-state index contributed by atoms with van der Waals surface area (Å²) in [7, 11) is 0. The first-order valence-corrected chi connectivity index (χ1v) is 12.7. The van der Waals surface area contributed by atoms with E-state index in [2.05, 4.69) is 80.6 Å². The van der Waals surface area contributed by atoms with Crippen LogP contribution in [0.4, 0.5) is 0 Å². The molecule has 0 nitrogen and oxygen atoms in total. The standard InChI is InChI=1S/C12H11Si.C7H9.2BrH.Ti/c1-3-7-11(8-4-1)13-12-9-5-2-6-10-12;1-6-4-3-5-7(6)2;;;/h1-10,13H;4H,3H2,1-2H3;2*1H;/q;;;;+2/p-2. The van der Waals surface area contributed by atoms with E-state index in [4.69, 9.17) is 0 Å². The fraction of sp³-hybridized carbons (Fsp3) is 0.158. The van der Waals surface area contributed by atoms with Crippen LogP contribution in [0.2, 0.25) is 0 Å². The smallest absolute Gasteiger partial charge is 1.00 e. The Morgan fingerprint density at radius 2 is 1.26 bits per heavy atom. The van der Waals surface area contributed by atoms with E-state index in [-0.39, 0.29) is 52.4 Å². The van der Waals surface area contributed by atoms with Gasteiger partial charge >= 0.3 is 137 Å². The second-order valence-electron chi connectivity index (χ2n) is 5.59. The summed E-state index contributed by atoms with van der Waals surface area (Å²) in [5.74, 6) is 0. The topological polar surface area (TPSA) is 0 Å². The fourth-order valence-corrected chi connectivity index (χ4v) is 12.4. The van der Waals surface area contributed by atoms with Crippen molar-refractivity contribution >= 4 is 17.0 Å². The van der Waals surface area contributed by atoms with Crippen LogP contribution in [-0.2, 0) is 18.4 Å². The van der Waals surface area contributed by atoms with E-state index in [1.165, 1.54) is 12.0 Å². The molecule has 0 fully saturated rings. The number of hydrogen-bond acceptors (Lipinski definition) is 0. The van der Waals surface area contributed by atoms with Crippen LogP contribution >= 0.6 is 0 Å². The van der Waals surface area contributed by atoms with Crippen LogP contribution < -0.4 is 44.3 Å². The van der Waals surface area contributed by atoms with Gasteiger partial charge in [0.2, 0.25) is 0 Å². The van der Waals surface area contributed by atoms with Crippen LogP contribution in [0.15, 0.2) is 81.8 Å². The van der Waals surface area contributed by atoms with Crippen molar-refractivity contribution in [3.05, 3.63) is 81.8 Å². The van der Waals surface area contributed by atoms with Crippen LogP contribution in [0, 0.1) is 0 Å². The molecule has 4 heteroatoms. The summed E-state index contributed by atoms with van der Waals surface area (Å²) in [6.07, 6.45) is 3.62. The molecule has 2 aromatic carbocycles. The average Bonchev–Trinajstić information content (AvgIpc) is 2.86. The summed E-state index contributed by atoms with van der Waals surface area (Å²) in [6, 6.07) is 22.4. The van der Waals surface area contributed by atoms with Crippen LogP contribution in [0.1, 0.15) is 20.3 Å². The Bertz CT molecular complexity index is 642. The van der Waals surface area contributed by atoms with Gasteiger partial charge in [-0.15, -0.1) is 0 Å². The van der Waals surface area contributed by atoms with E-state index in [9.17, 15) is 0 Å². The van der Waals surface area contributed by atoms with Crippen molar-refractivity contribution < 1.29 is 52.4 Å². The molecule has 0 saturated carbocycles. The Labute approximate surface area is 170 Å². The minimum atomic E-state index is -1.04. The summed E-state index contributed by atoms with van der Waals surface area (Å²) in [5, 5.41) is 3.21. The minimum absolute atomic E-state index is 0. The Balaban J connectivity index is 0.00000132. The third-order valence-corrected chi connectivity index (χ3v) is 14.0. The first-order valence-electron chi connectivity index (χ1n) is 7.49. The van der Waals surface area contributed by atoms with Crippen LogP contribution in [-0.4, -0.2) is 6.66 Å². The van der Waals surface area contributed by atoms with Gasteiger partial charge in [-0.3, -0.25) is 0 Å². The van der Waals surface area contributed by atoms with E-state index < -0.39 is 6.66 Å². The third-order valence-electron chi connectivity index (χ3n) is 4.24. The van der Waals surface area contributed by atoms with Crippen molar-refractivity contribution in [1.82, 2.24) is 0 Å². The Morgan fingerprint density at radius 1 is 0.783 bits per heavy atom. The first kappa shape index (κ1) is 20.9. The van der Waals surface area contributed by atoms with Crippen molar-refractivity contribution in [2.45, 2.75) is 20.3 Å².